The topological polar surface area (TPSA) is 38.8 Å². The van der Waals surface area contributed by atoms with Crippen LogP contribution < -0.4 is 4.74 Å². The average molecular weight is 368 g/mol. The quantitative estimate of drug-likeness (QED) is 0.370. The second-order valence-corrected chi connectivity index (χ2v) is 6.17. The fourth-order valence-electron chi connectivity index (χ4n) is 2.68. The number of unbranched alkanes of at least 4 members (excludes halogenated alkanes) is 1. The van der Waals surface area contributed by atoms with E-state index in [4.69, 9.17) is 9.47 Å². The van der Waals surface area contributed by atoms with Crippen LogP contribution in [-0.4, -0.2) is 43.7 Å². The van der Waals surface area contributed by atoms with Crippen molar-refractivity contribution < 1.29 is 14.3 Å². The van der Waals surface area contributed by atoms with Gasteiger partial charge in [0.2, 0.25) is 0 Å². The lowest BCUT2D eigenvalue weighted by Crippen LogP contribution is -2.33. The van der Waals surface area contributed by atoms with Gasteiger partial charge in [-0.2, -0.15) is 0 Å². The lowest BCUT2D eigenvalue weighted by Gasteiger charge is -2.25. The number of benzene rings is 1. The third-order valence-corrected chi connectivity index (χ3v) is 4.16. The van der Waals surface area contributed by atoms with Crippen molar-refractivity contribution in [2.45, 2.75) is 39.0 Å². The number of piperidine rings is 1. The van der Waals surface area contributed by atoms with Crippen molar-refractivity contribution >= 4 is 24.5 Å². The predicted molar refractivity (Wildman–Crippen MR) is 104 cm³/mol. The zero-order chi connectivity index (χ0) is 17.0. The number of ether oxygens (including phenoxy) is 2. The first-order chi connectivity index (χ1) is 11.8. The van der Waals surface area contributed by atoms with Gasteiger partial charge in [0.1, 0.15) is 12.4 Å². The molecular weight excluding hydrogens is 338 g/mol. The highest BCUT2D eigenvalue weighted by Gasteiger charge is 2.09. The molecule has 0 bridgehead atoms. The maximum atomic E-state index is 11.7. The predicted octanol–water partition coefficient (Wildman–Crippen LogP) is 4.33. The van der Waals surface area contributed by atoms with Gasteiger partial charge in [0.15, 0.2) is 0 Å². The van der Waals surface area contributed by atoms with Crippen molar-refractivity contribution in [2.75, 3.05) is 32.8 Å². The number of likely N-dealkylation sites (tertiary alicyclic amines) is 1. The normalized spacial score (nSPS) is 14.9. The molecule has 0 atom stereocenters. The number of hydrogen-bond donors (Lipinski definition) is 0. The fraction of sp³-hybridized carbons (Fsp3) is 0.550. The van der Waals surface area contributed by atoms with E-state index in [0.717, 1.165) is 50.4 Å². The van der Waals surface area contributed by atoms with Gasteiger partial charge in [-0.1, -0.05) is 31.9 Å². The van der Waals surface area contributed by atoms with E-state index in [1.165, 1.54) is 25.3 Å². The number of carbonyl (C=O) groups excluding carboxylic acids is 1. The Kier molecular flexibility index (Phi) is 11.0. The number of esters is 1. The molecule has 0 spiro atoms. The Hall–Kier alpha value is -1.52. The molecule has 140 valence electrons. The van der Waals surface area contributed by atoms with Gasteiger partial charge in [0.25, 0.3) is 0 Å². The zero-order valence-corrected chi connectivity index (χ0v) is 15.9. The van der Waals surface area contributed by atoms with Crippen molar-refractivity contribution in [3.8, 4) is 5.75 Å². The summed E-state index contributed by atoms with van der Waals surface area (Å²) in [5.41, 5.74) is 0.964. The molecule has 1 fully saturated rings. The molecule has 0 aliphatic carbocycles. The highest BCUT2D eigenvalue weighted by molar-refractivity contribution is 5.87. The maximum Gasteiger partial charge on any atom is 0.330 e. The third kappa shape index (κ3) is 8.94. The fourth-order valence-corrected chi connectivity index (χ4v) is 2.68. The van der Waals surface area contributed by atoms with E-state index in [-0.39, 0.29) is 18.4 Å². The molecule has 1 aliphatic rings. The van der Waals surface area contributed by atoms with Crippen molar-refractivity contribution in [1.82, 2.24) is 4.90 Å². The molecule has 1 saturated heterocycles. The first kappa shape index (κ1) is 21.5. The van der Waals surface area contributed by atoms with Crippen LogP contribution in [0.2, 0.25) is 0 Å². The summed E-state index contributed by atoms with van der Waals surface area (Å²) in [5, 5.41) is 0. The highest BCUT2D eigenvalue weighted by atomic mass is 35.5. The zero-order valence-electron chi connectivity index (χ0n) is 15.1. The second-order valence-electron chi connectivity index (χ2n) is 6.17. The monoisotopic (exact) mass is 367 g/mol. The largest absolute Gasteiger partial charge is 0.494 e. The number of halogens is 1. The Bertz CT molecular complexity index is 510. The molecule has 0 unspecified atom stereocenters. The Morgan fingerprint density at radius 2 is 1.84 bits per heavy atom. The molecule has 1 aliphatic heterocycles. The van der Waals surface area contributed by atoms with Crippen molar-refractivity contribution in [3.63, 3.8) is 0 Å². The minimum atomic E-state index is -0.282. The first-order valence-electron chi connectivity index (χ1n) is 9.08. The first-order valence-corrected chi connectivity index (χ1v) is 9.08. The smallest absolute Gasteiger partial charge is 0.330 e. The van der Waals surface area contributed by atoms with E-state index in [9.17, 15) is 4.79 Å². The van der Waals surface area contributed by atoms with Crippen LogP contribution in [0.5, 0.6) is 5.75 Å². The number of rotatable bonds is 9. The van der Waals surface area contributed by atoms with Crippen LogP contribution in [0.4, 0.5) is 0 Å². The van der Waals surface area contributed by atoms with Crippen LogP contribution in [0.1, 0.15) is 44.6 Å². The molecule has 0 saturated carbocycles. The van der Waals surface area contributed by atoms with Gasteiger partial charge in [0.05, 0.1) is 6.61 Å². The van der Waals surface area contributed by atoms with Crippen molar-refractivity contribution in [2.24, 2.45) is 0 Å². The van der Waals surface area contributed by atoms with Gasteiger partial charge in [-0.05, 0) is 56.1 Å². The van der Waals surface area contributed by atoms with Crippen LogP contribution in [0.15, 0.2) is 30.3 Å². The molecule has 25 heavy (non-hydrogen) atoms. The summed E-state index contributed by atoms with van der Waals surface area (Å²) in [6.45, 7) is 6.44. The van der Waals surface area contributed by atoms with E-state index in [0.29, 0.717) is 6.61 Å². The van der Waals surface area contributed by atoms with Gasteiger partial charge in [-0.15, -0.1) is 12.4 Å². The number of nitrogens with zero attached hydrogens (tertiary/aromatic N) is 1. The van der Waals surface area contributed by atoms with Crippen LogP contribution >= 0.6 is 12.4 Å². The lowest BCUT2D eigenvalue weighted by atomic mass is 10.1. The molecule has 1 aromatic rings. The summed E-state index contributed by atoms with van der Waals surface area (Å²) in [6, 6.07) is 7.74. The average Bonchev–Trinajstić information content (AvgIpc) is 2.62. The Labute approximate surface area is 157 Å². The van der Waals surface area contributed by atoms with Crippen LogP contribution in [0.25, 0.3) is 6.08 Å². The van der Waals surface area contributed by atoms with Crippen LogP contribution in [-0.2, 0) is 9.53 Å². The lowest BCUT2D eigenvalue weighted by molar-refractivity contribution is -0.138. The molecule has 1 heterocycles. The van der Waals surface area contributed by atoms with E-state index in [1.807, 2.05) is 24.3 Å². The van der Waals surface area contributed by atoms with Gasteiger partial charge in [-0.25, -0.2) is 4.79 Å². The van der Waals surface area contributed by atoms with E-state index in [1.54, 1.807) is 6.08 Å². The Morgan fingerprint density at radius 3 is 2.52 bits per heavy atom. The molecule has 0 aromatic heterocycles. The van der Waals surface area contributed by atoms with E-state index >= 15 is 0 Å². The van der Waals surface area contributed by atoms with Crippen molar-refractivity contribution in [3.05, 3.63) is 35.9 Å². The third-order valence-electron chi connectivity index (χ3n) is 4.16. The van der Waals surface area contributed by atoms with E-state index in [2.05, 4.69) is 11.8 Å². The summed E-state index contributed by atoms with van der Waals surface area (Å²) < 4.78 is 10.9. The Balaban J connectivity index is 0.00000312. The SMILES string of the molecule is CCCCOc1ccc(/C=C/C(=O)OCCN2CCCCC2)cc1.Cl. The molecule has 0 radical (unpaired) electrons. The van der Waals surface area contributed by atoms with Gasteiger partial charge >= 0.3 is 5.97 Å². The molecule has 4 nitrogen and oxygen atoms in total. The molecule has 5 heteroatoms. The van der Waals surface area contributed by atoms with Crippen LogP contribution in [0, 0.1) is 0 Å². The van der Waals surface area contributed by atoms with Gasteiger partial charge in [0, 0.05) is 12.6 Å². The standard InChI is InChI=1S/C20H29NO3.ClH/c1-2-3-16-23-19-10-7-18(8-11-19)9-12-20(22)24-17-15-21-13-5-4-6-14-21;/h7-12H,2-6,13-17H2,1H3;1H/b12-9+;. The number of hydrogen-bond acceptors (Lipinski definition) is 4. The summed E-state index contributed by atoms with van der Waals surface area (Å²) in [7, 11) is 0. The van der Waals surface area contributed by atoms with Crippen molar-refractivity contribution in [1.29, 1.82) is 0 Å². The summed E-state index contributed by atoms with van der Waals surface area (Å²) in [6.07, 6.45) is 9.29. The minimum Gasteiger partial charge on any atom is -0.494 e. The Morgan fingerprint density at radius 1 is 1.12 bits per heavy atom. The summed E-state index contributed by atoms with van der Waals surface area (Å²) in [4.78, 5) is 14.1. The van der Waals surface area contributed by atoms with E-state index < -0.39 is 0 Å². The number of carbonyl (C=O) groups is 1. The molecule has 0 N–H and O–H groups in total. The van der Waals surface area contributed by atoms with Crippen LogP contribution in [0.3, 0.4) is 0 Å². The highest BCUT2D eigenvalue weighted by Crippen LogP contribution is 2.14. The van der Waals surface area contributed by atoms with Gasteiger partial charge < -0.3 is 9.47 Å². The molecule has 0 amide bonds. The summed E-state index contributed by atoms with van der Waals surface area (Å²) >= 11 is 0. The summed E-state index contributed by atoms with van der Waals surface area (Å²) in [5.74, 6) is 0.583. The molecular formula is C20H30ClNO3. The van der Waals surface area contributed by atoms with Gasteiger partial charge in [-0.3, -0.25) is 4.90 Å². The molecule has 1 aromatic carbocycles. The molecule has 2 rings (SSSR count). The maximum absolute atomic E-state index is 11.7. The second kappa shape index (κ2) is 12.8. The minimum absolute atomic E-state index is 0.